The van der Waals surface area contributed by atoms with E-state index in [0.29, 0.717) is 17.0 Å². The van der Waals surface area contributed by atoms with Crippen LogP contribution in [0.3, 0.4) is 0 Å². The van der Waals surface area contributed by atoms with E-state index in [1.807, 2.05) is 13.8 Å². The number of aliphatic carboxylic acids is 2. The van der Waals surface area contributed by atoms with E-state index >= 15 is 0 Å². The standard InChI is InChI=1S/C26H39N5O10S3/c1-13(2)7-15(27)11-41-20(8-14-3-5-16(32)6-4-14)23(37)30-31(19(12-42)26(40)44)24(38)17(9-21(33)34)28-29-18(25(39)43)10-22(35)36/h3-6,13,15,17-20,28-29,32,42H,7-12,27H2,1-2H3,(H,30,37)(H,33,34)(H,35,36)(H,39,43)(H,40,44)/t15?,17-,18-,19-,20?/m0/s1. The summed E-state index contributed by atoms with van der Waals surface area (Å²) >= 11 is 11.5. The fourth-order valence-electron chi connectivity index (χ4n) is 3.85. The number of thiol groups is 3. The number of hydrazine groups is 2. The van der Waals surface area contributed by atoms with Gasteiger partial charge < -0.3 is 25.8 Å². The van der Waals surface area contributed by atoms with Gasteiger partial charge in [0.1, 0.15) is 30.0 Å². The van der Waals surface area contributed by atoms with Crippen LogP contribution in [0.25, 0.3) is 0 Å². The fourth-order valence-corrected chi connectivity index (χ4v) is 4.69. The summed E-state index contributed by atoms with van der Waals surface area (Å²) in [5.41, 5.74) is 13.6. The second kappa shape index (κ2) is 19.5. The van der Waals surface area contributed by atoms with E-state index in [2.05, 4.69) is 54.2 Å². The number of nitrogens with zero attached hydrogens (tertiary/aromatic N) is 1. The SMILES string of the molecule is CC(C)CC(N)COC(Cc1ccc(O)cc1)C(=O)NN(C(=O)[C@H](CC(=O)O)NN[C@@H](CC(=O)O)C(=O)S)[C@@H](CS)C(=O)S. The third-order valence-corrected chi connectivity index (χ3v) is 6.91. The molecule has 15 nitrogen and oxygen atoms in total. The largest absolute Gasteiger partial charge is 0.508 e. The molecule has 1 aromatic rings. The van der Waals surface area contributed by atoms with E-state index in [1.54, 1.807) is 12.1 Å². The fraction of sp³-hybridized carbons (Fsp3) is 0.538. The highest BCUT2D eigenvalue weighted by molar-refractivity contribution is 7.97. The lowest BCUT2D eigenvalue weighted by Crippen LogP contribution is -2.64. The van der Waals surface area contributed by atoms with Gasteiger partial charge in [0.25, 0.3) is 11.8 Å². The normalized spacial score (nSPS) is 14.6. The number of carboxylic acids is 2. The molecule has 0 aliphatic heterocycles. The monoisotopic (exact) mass is 677 g/mol. The number of hydrogen-bond acceptors (Lipinski definition) is 12. The molecule has 0 saturated carbocycles. The second-order valence-electron chi connectivity index (χ2n) is 10.2. The van der Waals surface area contributed by atoms with Crippen LogP contribution < -0.4 is 22.0 Å². The van der Waals surface area contributed by atoms with Gasteiger partial charge in [-0.3, -0.25) is 34.2 Å². The van der Waals surface area contributed by atoms with Crippen molar-refractivity contribution in [2.24, 2.45) is 11.7 Å². The first-order valence-corrected chi connectivity index (χ1v) is 14.9. The number of ether oxygens (including phenoxy) is 1. The first-order chi connectivity index (χ1) is 20.5. The predicted octanol–water partition coefficient (Wildman–Crippen LogP) is -0.455. The Labute approximate surface area is 270 Å². The number of hydrogen-bond donors (Lipinski definition) is 10. The van der Waals surface area contributed by atoms with Crippen molar-refractivity contribution >= 4 is 71.9 Å². The predicted molar refractivity (Wildman–Crippen MR) is 168 cm³/mol. The molecule has 0 bridgehead atoms. The average Bonchev–Trinajstić information content (AvgIpc) is 2.91. The molecule has 0 fully saturated rings. The van der Waals surface area contributed by atoms with Crippen LogP contribution in [0.5, 0.6) is 5.75 Å². The Hall–Kier alpha value is -2.87. The van der Waals surface area contributed by atoms with Gasteiger partial charge in [-0.25, -0.2) is 15.9 Å². The lowest BCUT2D eigenvalue weighted by Gasteiger charge is -2.33. The molecule has 0 aromatic heterocycles. The topological polar surface area (TPSA) is 238 Å². The summed E-state index contributed by atoms with van der Waals surface area (Å²) in [7, 11) is 0. The maximum absolute atomic E-state index is 13.6. The summed E-state index contributed by atoms with van der Waals surface area (Å²) < 4.78 is 5.84. The Morgan fingerprint density at radius 3 is 1.95 bits per heavy atom. The van der Waals surface area contributed by atoms with Gasteiger partial charge in [0.2, 0.25) is 10.2 Å². The number of rotatable bonds is 20. The van der Waals surface area contributed by atoms with Crippen LogP contribution in [0.15, 0.2) is 24.3 Å². The van der Waals surface area contributed by atoms with Crippen LogP contribution in [0.1, 0.15) is 38.7 Å². The minimum atomic E-state index is -1.73. The third kappa shape index (κ3) is 14.3. The first-order valence-electron chi connectivity index (χ1n) is 13.3. The molecule has 0 aliphatic rings. The highest BCUT2D eigenvalue weighted by atomic mass is 32.1. The summed E-state index contributed by atoms with van der Waals surface area (Å²) in [5.74, 6) is -5.04. The van der Waals surface area contributed by atoms with Crippen molar-refractivity contribution in [2.75, 3.05) is 12.4 Å². The number of nitrogens with one attached hydrogen (secondary N) is 3. The van der Waals surface area contributed by atoms with Crippen molar-refractivity contribution < 1.29 is 48.8 Å². The van der Waals surface area contributed by atoms with E-state index in [1.165, 1.54) is 12.1 Å². The smallest absolute Gasteiger partial charge is 0.305 e. The molecule has 8 N–H and O–H groups in total. The number of nitrogens with two attached hydrogens (primary N) is 1. The van der Waals surface area contributed by atoms with Crippen molar-refractivity contribution in [1.82, 2.24) is 21.3 Å². The minimum absolute atomic E-state index is 0.00824. The number of aromatic hydroxyl groups is 1. The molecular weight excluding hydrogens is 639 g/mol. The highest BCUT2D eigenvalue weighted by Gasteiger charge is 2.37. The quantitative estimate of drug-likeness (QED) is 0.0622. The number of phenols is 1. The minimum Gasteiger partial charge on any atom is -0.508 e. The Morgan fingerprint density at radius 1 is 0.932 bits per heavy atom. The zero-order valence-corrected chi connectivity index (χ0v) is 26.8. The maximum Gasteiger partial charge on any atom is 0.305 e. The molecule has 44 heavy (non-hydrogen) atoms. The van der Waals surface area contributed by atoms with E-state index in [9.17, 15) is 39.0 Å². The van der Waals surface area contributed by atoms with Gasteiger partial charge in [-0.15, -0.1) is 25.3 Å². The van der Waals surface area contributed by atoms with Gasteiger partial charge in [-0.1, -0.05) is 26.0 Å². The highest BCUT2D eigenvalue weighted by Crippen LogP contribution is 2.15. The number of carbonyl (C=O) groups excluding carboxylic acids is 4. The summed E-state index contributed by atoms with van der Waals surface area (Å²) in [4.78, 5) is 74.0. The van der Waals surface area contributed by atoms with E-state index in [-0.39, 0.29) is 30.4 Å². The number of amides is 2. The van der Waals surface area contributed by atoms with Crippen LogP contribution in [0.4, 0.5) is 0 Å². The van der Waals surface area contributed by atoms with Crippen LogP contribution in [-0.4, -0.2) is 96.9 Å². The van der Waals surface area contributed by atoms with Gasteiger partial charge in [-0.2, -0.15) is 12.6 Å². The lowest BCUT2D eigenvalue weighted by atomic mass is 10.0. The van der Waals surface area contributed by atoms with E-state index in [4.69, 9.17) is 15.6 Å². The Kier molecular flexibility index (Phi) is 17.4. The first kappa shape index (κ1) is 39.2. The summed E-state index contributed by atoms with van der Waals surface area (Å²) in [6.07, 6.45) is -2.40. The van der Waals surface area contributed by atoms with Gasteiger partial charge in [0, 0.05) is 18.2 Å². The number of carboxylic acid groups (broad SMARTS) is 2. The molecule has 0 aliphatic carbocycles. The molecular formula is C26H39N5O10S3. The molecule has 1 aromatic carbocycles. The molecule has 1 rings (SSSR count). The molecule has 0 heterocycles. The van der Waals surface area contributed by atoms with E-state index in [0.717, 1.165) is 0 Å². The molecule has 5 atom stereocenters. The Balaban J connectivity index is 3.37. The lowest BCUT2D eigenvalue weighted by molar-refractivity contribution is -0.154. The zero-order valence-electron chi connectivity index (χ0n) is 24.1. The van der Waals surface area contributed by atoms with Crippen LogP contribution in [0, 0.1) is 5.92 Å². The van der Waals surface area contributed by atoms with Gasteiger partial charge >= 0.3 is 11.9 Å². The van der Waals surface area contributed by atoms with Crippen LogP contribution in [-0.2, 0) is 39.9 Å². The Morgan fingerprint density at radius 2 is 1.48 bits per heavy atom. The van der Waals surface area contributed by atoms with Crippen molar-refractivity contribution in [3.8, 4) is 5.75 Å². The third-order valence-electron chi connectivity index (χ3n) is 5.96. The van der Waals surface area contributed by atoms with Crippen molar-refractivity contribution in [3.05, 3.63) is 29.8 Å². The summed E-state index contributed by atoms with van der Waals surface area (Å²) in [6.45, 7) is 3.88. The molecule has 0 spiro atoms. The Bertz CT molecular complexity index is 1160. The van der Waals surface area contributed by atoms with Crippen LogP contribution >= 0.6 is 37.9 Å². The molecule has 0 saturated heterocycles. The van der Waals surface area contributed by atoms with Crippen molar-refractivity contribution in [1.29, 1.82) is 0 Å². The van der Waals surface area contributed by atoms with E-state index < -0.39 is 77.1 Å². The zero-order chi connectivity index (χ0) is 33.6. The number of benzene rings is 1. The van der Waals surface area contributed by atoms with Gasteiger partial charge in [0.15, 0.2) is 0 Å². The molecule has 18 heteroatoms. The molecule has 246 valence electrons. The number of carbonyl (C=O) groups is 6. The number of phenolic OH excluding ortho intramolecular Hbond substituents is 1. The average molecular weight is 678 g/mol. The molecule has 0 radical (unpaired) electrons. The van der Waals surface area contributed by atoms with Crippen LogP contribution in [0.2, 0.25) is 0 Å². The van der Waals surface area contributed by atoms with Gasteiger partial charge in [0.05, 0.1) is 19.4 Å². The molecule has 2 amide bonds. The van der Waals surface area contributed by atoms with Gasteiger partial charge in [-0.05, 0) is 30.0 Å². The second-order valence-corrected chi connectivity index (χ2v) is 11.5. The van der Waals surface area contributed by atoms with Crippen molar-refractivity contribution in [3.63, 3.8) is 0 Å². The summed E-state index contributed by atoms with van der Waals surface area (Å²) in [5, 5.41) is 26.8. The summed E-state index contributed by atoms with van der Waals surface area (Å²) in [6, 6.07) is 0.797. The maximum atomic E-state index is 13.6. The molecule has 2 unspecified atom stereocenters. The van der Waals surface area contributed by atoms with Crippen molar-refractivity contribution in [2.45, 2.75) is 69.8 Å².